The summed E-state index contributed by atoms with van der Waals surface area (Å²) in [6, 6.07) is 10.8. The molecule has 1 aliphatic rings. The summed E-state index contributed by atoms with van der Waals surface area (Å²) >= 11 is 0. The van der Waals surface area contributed by atoms with E-state index in [-0.39, 0.29) is 5.91 Å². The molecule has 2 nitrogen and oxygen atoms in total. The summed E-state index contributed by atoms with van der Waals surface area (Å²) in [5, 5.41) is 3.03. The number of carbonyl (C=O) groups excluding carboxylic acids is 1. The predicted molar refractivity (Wildman–Crippen MR) is 60.5 cm³/mol. The zero-order valence-electron chi connectivity index (χ0n) is 9.07. The Labute approximate surface area is 90.7 Å². The first-order valence-electron chi connectivity index (χ1n) is 5.63. The third kappa shape index (κ3) is 2.38. The zero-order chi connectivity index (χ0) is 10.7. The fourth-order valence-corrected chi connectivity index (χ4v) is 2.33. The summed E-state index contributed by atoms with van der Waals surface area (Å²) in [7, 11) is 0. The minimum absolute atomic E-state index is 0.211. The Kier molecular flexibility index (Phi) is 3.05. The van der Waals surface area contributed by atoms with Crippen molar-refractivity contribution in [3.8, 4) is 0 Å². The molecular formula is C13H17NO. The first-order valence-corrected chi connectivity index (χ1v) is 5.63. The standard InChI is InChI=1S/C13H17NO/c1-2-12-11(9-13(15)14-12)8-10-6-4-3-5-7-10/h3-7,11-12H,2,8-9H2,1H3,(H,14,15). The molecule has 1 amide bonds. The fraction of sp³-hybridized carbons (Fsp3) is 0.462. The summed E-state index contributed by atoms with van der Waals surface area (Å²) in [4.78, 5) is 11.3. The second kappa shape index (κ2) is 4.47. The Morgan fingerprint density at radius 3 is 2.73 bits per heavy atom. The van der Waals surface area contributed by atoms with Crippen molar-refractivity contribution >= 4 is 5.91 Å². The summed E-state index contributed by atoms with van der Waals surface area (Å²) in [6.45, 7) is 2.13. The molecule has 2 heteroatoms. The number of hydrogen-bond acceptors (Lipinski definition) is 1. The van der Waals surface area contributed by atoms with E-state index < -0.39 is 0 Å². The van der Waals surface area contributed by atoms with E-state index in [0.29, 0.717) is 18.4 Å². The van der Waals surface area contributed by atoms with Crippen molar-refractivity contribution in [1.82, 2.24) is 5.32 Å². The Morgan fingerprint density at radius 1 is 1.33 bits per heavy atom. The molecule has 80 valence electrons. The maximum absolute atomic E-state index is 11.3. The van der Waals surface area contributed by atoms with Gasteiger partial charge in [0.2, 0.25) is 5.91 Å². The van der Waals surface area contributed by atoms with Crippen molar-refractivity contribution in [3.05, 3.63) is 35.9 Å². The normalized spacial score (nSPS) is 25.3. The van der Waals surface area contributed by atoms with Gasteiger partial charge >= 0.3 is 0 Å². The molecule has 1 N–H and O–H groups in total. The highest BCUT2D eigenvalue weighted by Gasteiger charge is 2.30. The molecule has 15 heavy (non-hydrogen) atoms. The number of rotatable bonds is 3. The summed E-state index contributed by atoms with van der Waals surface area (Å²) in [5.41, 5.74) is 1.33. The smallest absolute Gasteiger partial charge is 0.220 e. The molecule has 0 bridgehead atoms. The second-order valence-corrected chi connectivity index (χ2v) is 4.24. The molecule has 1 fully saturated rings. The molecule has 0 radical (unpaired) electrons. The highest BCUT2D eigenvalue weighted by Crippen LogP contribution is 2.23. The van der Waals surface area contributed by atoms with Crippen LogP contribution in [-0.2, 0) is 11.2 Å². The number of amides is 1. The lowest BCUT2D eigenvalue weighted by Gasteiger charge is -2.16. The van der Waals surface area contributed by atoms with E-state index in [4.69, 9.17) is 0 Å². The van der Waals surface area contributed by atoms with Gasteiger partial charge in [-0.1, -0.05) is 37.3 Å². The highest BCUT2D eigenvalue weighted by molar-refractivity contribution is 5.79. The van der Waals surface area contributed by atoms with Crippen molar-refractivity contribution in [2.45, 2.75) is 32.2 Å². The highest BCUT2D eigenvalue weighted by atomic mass is 16.1. The molecular weight excluding hydrogens is 186 g/mol. The van der Waals surface area contributed by atoms with Gasteiger partial charge in [0.05, 0.1) is 0 Å². The first-order chi connectivity index (χ1) is 7.29. The van der Waals surface area contributed by atoms with Crippen molar-refractivity contribution in [1.29, 1.82) is 0 Å². The Balaban J connectivity index is 2.03. The van der Waals surface area contributed by atoms with Crippen molar-refractivity contribution < 1.29 is 4.79 Å². The molecule has 1 heterocycles. The zero-order valence-corrected chi connectivity index (χ0v) is 9.07. The molecule has 2 atom stereocenters. The fourth-order valence-electron chi connectivity index (χ4n) is 2.33. The average Bonchev–Trinajstić information content (AvgIpc) is 2.60. The van der Waals surface area contributed by atoms with Gasteiger partial charge in [0, 0.05) is 12.5 Å². The molecule has 2 rings (SSSR count). The second-order valence-electron chi connectivity index (χ2n) is 4.24. The molecule has 0 aliphatic carbocycles. The van der Waals surface area contributed by atoms with Crippen molar-refractivity contribution in [2.75, 3.05) is 0 Å². The number of nitrogens with one attached hydrogen (secondary N) is 1. The van der Waals surface area contributed by atoms with E-state index in [1.807, 2.05) is 6.07 Å². The lowest BCUT2D eigenvalue weighted by Crippen LogP contribution is -2.28. The van der Waals surface area contributed by atoms with Crippen LogP contribution in [0.2, 0.25) is 0 Å². The predicted octanol–water partition coefficient (Wildman–Crippen LogP) is 2.14. The molecule has 2 unspecified atom stereocenters. The topological polar surface area (TPSA) is 29.1 Å². The minimum Gasteiger partial charge on any atom is -0.353 e. The van der Waals surface area contributed by atoms with E-state index in [9.17, 15) is 4.79 Å². The third-order valence-electron chi connectivity index (χ3n) is 3.14. The summed E-state index contributed by atoms with van der Waals surface area (Å²) in [5.74, 6) is 0.688. The summed E-state index contributed by atoms with van der Waals surface area (Å²) in [6.07, 6.45) is 2.73. The van der Waals surface area contributed by atoms with Crippen LogP contribution in [0.25, 0.3) is 0 Å². The van der Waals surface area contributed by atoms with Gasteiger partial charge in [-0.3, -0.25) is 4.79 Å². The van der Waals surface area contributed by atoms with Crippen LogP contribution in [0, 0.1) is 5.92 Å². The summed E-state index contributed by atoms with van der Waals surface area (Å²) < 4.78 is 0. The molecule has 1 aromatic carbocycles. The van der Waals surface area contributed by atoms with Crippen LogP contribution in [0.3, 0.4) is 0 Å². The Hall–Kier alpha value is -1.31. The maximum Gasteiger partial charge on any atom is 0.220 e. The van der Waals surface area contributed by atoms with Crippen LogP contribution < -0.4 is 5.32 Å². The van der Waals surface area contributed by atoms with Gasteiger partial charge in [-0.15, -0.1) is 0 Å². The Bertz CT molecular complexity index is 334. The SMILES string of the molecule is CCC1NC(=O)CC1Cc1ccccc1. The van der Waals surface area contributed by atoms with Gasteiger partial charge in [-0.25, -0.2) is 0 Å². The van der Waals surface area contributed by atoms with Crippen molar-refractivity contribution in [3.63, 3.8) is 0 Å². The van der Waals surface area contributed by atoms with E-state index in [1.54, 1.807) is 0 Å². The number of benzene rings is 1. The van der Waals surface area contributed by atoms with Crippen LogP contribution in [0.5, 0.6) is 0 Å². The largest absolute Gasteiger partial charge is 0.353 e. The molecule has 0 saturated carbocycles. The lowest BCUT2D eigenvalue weighted by molar-refractivity contribution is -0.119. The quantitative estimate of drug-likeness (QED) is 0.801. The first kappa shape index (κ1) is 10.2. The van der Waals surface area contributed by atoms with E-state index in [0.717, 1.165) is 12.8 Å². The van der Waals surface area contributed by atoms with Gasteiger partial charge in [0.1, 0.15) is 0 Å². The Morgan fingerprint density at radius 2 is 2.07 bits per heavy atom. The van der Waals surface area contributed by atoms with Gasteiger partial charge < -0.3 is 5.32 Å². The van der Waals surface area contributed by atoms with Gasteiger partial charge in [-0.05, 0) is 24.3 Å². The van der Waals surface area contributed by atoms with E-state index >= 15 is 0 Å². The van der Waals surface area contributed by atoms with Gasteiger partial charge in [0.15, 0.2) is 0 Å². The molecule has 0 spiro atoms. The molecule has 1 aliphatic heterocycles. The van der Waals surface area contributed by atoms with Crippen LogP contribution in [0.15, 0.2) is 30.3 Å². The lowest BCUT2D eigenvalue weighted by atomic mass is 9.91. The third-order valence-corrected chi connectivity index (χ3v) is 3.14. The van der Waals surface area contributed by atoms with Crippen LogP contribution in [-0.4, -0.2) is 11.9 Å². The van der Waals surface area contributed by atoms with Gasteiger partial charge in [0.25, 0.3) is 0 Å². The minimum atomic E-state index is 0.211. The van der Waals surface area contributed by atoms with Crippen LogP contribution in [0.4, 0.5) is 0 Å². The van der Waals surface area contributed by atoms with Gasteiger partial charge in [-0.2, -0.15) is 0 Å². The maximum atomic E-state index is 11.3. The van der Waals surface area contributed by atoms with Crippen LogP contribution in [0.1, 0.15) is 25.3 Å². The van der Waals surface area contributed by atoms with Crippen molar-refractivity contribution in [2.24, 2.45) is 5.92 Å². The van der Waals surface area contributed by atoms with E-state index in [1.165, 1.54) is 5.56 Å². The monoisotopic (exact) mass is 203 g/mol. The molecule has 1 aromatic rings. The van der Waals surface area contributed by atoms with E-state index in [2.05, 4.69) is 36.5 Å². The average molecular weight is 203 g/mol. The van der Waals surface area contributed by atoms with Crippen LogP contribution >= 0.6 is 0 Å². The molecule has 0 aromatic heterocycles. The molecule has 1 saturated heterocycles. The number of hydrogen-bond donors (Lipinski definition) is 1. The number of carbonyl (C=O) groups is 1.